The van der Waals surface area contributed by atoms with E-state index in [4.69, 9.17) is 16.7 Å². The van der Waals surface area contributed by atoms with Crippen LogP contribution in [-0.2, 0) is 0 Å². The molecule has 0 aliphatic rings. The van der Waals surface area contributed by atoms with Crippen molar-refractivity contribution in [2.45, 2.75) is 13.8 Å². The molecule has 0 spiro atoms. The molecule has 20 heavy (non-hydrogen) atoms. The summed E-state index contributed by atoms with van der Waals surface area (Å²) in [7, 11) is 0. The number of hydrogen-bond donors (Lipinski definition) is 3. The standard InChI is InChI=1S/C13H12ClN3O3/c1-6-11(7(2)17-16-6)12(18)15-10-5-8(13(19)20)3-4-9(10)14/h3-5H,1-2H3,(H,15,18)(H,16,17)(H,19,20). The number of rotatable bonds is 3. The molecule has 0 atom stereocenters. The predicted molar refractivity (Wildman–Crippen MR) is 74.4 cm³/mol. The molecular weight excluding hydrogens is 282 g/mol. The van der Waals surface area contributed by atoms with Crippen molar-refractivity contribution in [3.05, 3.63) is 45.7 Å². The number of benzene rings is 1. The second kappa shape index (κ2) is 5.34. The second-order valence-electron chi connectivity index (χ2n) is 4.26. The second-order valence-corrected chi connectivity index (χ2v) is 4.67. The van der Waals surface area contributed by atoms with Gasteiger partial charge in [0.25, 0.3) is 5.91 Å². The molecule has 0 unspecified atom stereocenters. The van der Waals surface area contributed by atoms with Crippen LogP contribution >= 0.6 is 11.6 Å². The lowest BCUT2D eigenvalue weighted by atomic mass is 10.1. The van der Waals surface area contributed by atoms with E-state index in [9.17, 15) is 9.59 Å². The van der Waals surface area contributed by atoms with Crippen LogP contribution in [0.5, 0.6) is 0 Å². The Hall–Kier alpha value is -2.34. The smallest absolute Gasteiger partial charge is 0.335 e. The summed E-state index contributed by atoms with van der Waals surface area (Å²) in [5.74, 6) is -1.48. The zero-order chi connectivity index (χ0) is 14.9. The van der Waals surface area contributed by atoms with Crippen LogP contribution in [0.15, 0.2) is 18.2 Å². The molecule has 1 aromatic heterocycles. The Morgan fingerprint density at radius 3 is 2.60 bits per heavy atom. The summed E-state index contributed by atoms with van der Waals surface area (Å²) < 4.78 is 0. The minimum absolute atomic E-state index is 0.0466. The number of carboxylic acid groups (broad SMARTS) is 1. The number of carboxylic acids is 1. The lowest BCUT2D eigenvalue weighted by molar-refractivity contribution is 0.0696. The van der Waals surface area contributed by atoms with E-state index >= 15 is 0 Å². The van der Waals surface area contributed by atoms with Gasteiger partial charge in [-0.1, -0.05) is 11.6 Å². The molecule has 1 aromatic carbocycles. The molecule has 0 saturated carbocycles. The fourth-order valence-corrected chi connectivity index (χ4v) is 1.99. The first kappa shape index (κ1) is 14.1. The van der Waals surface area contributed by atoms with Crippen LogP contribution in [0.1, 0.15) is 32.1 Å². The summed E-state index contributed by atoms with van der Waals surface area (Å²) in [6.07, 6.45) is 0. The van der Waals surface area contributed by atoms with Gasteiger partial charge in [-0.05, 0) is 32.0 Å². The molecule has 0 aliphatic carbocycles. The van der Waals surface area contributed by atoms with Gasteiger partial charge in [-0.3, -0.25) is 9.89 Å². The number of H-pyrrole nitrogens is 1. The minimum atomic E-state index is -1.09. The molecule has 6 nitrogen and oxygen atoms in total. The zero-order valence-electron chi connectivity index (χ0n) is 10.8. The molecule has 3 N–H and O–H groups in total. The van der Waals surface area contributed by atoms with E-state index in [2.05, 4.69) is 15.5 Å². The van der Waals surface area contributed by atoms with Gasteiger partial charge >= 0.3 is 5.97 Å². The number of carbonyl (C=O) groups excluding carboxylic acids is 1. The normalized spacial score (nSPS) is 10.3. The van der Waals surface area contributed by atoms with Gasteiger partial charge in [-0.2, -0.15) is 5.10 Å². The van der Waals surface area contributed by atoms with E-state index in [0.717, 1.165) is 0 Å². The summed E-state index contributed by atoms with van der Waals surface area (Å²) >= 11 is 5.95. The van der Waals surface area contributed by atoms with Crippen LogP contribution in [-0.4, -0.2) is 27.2 Å². The molecule has 2 rings (SSSR count). The van der Waals surface area contributed by atoms with Crippen molar-refractivity contribution < 1.29 is 14.7 Å². The Bertz CT molecular complexity index is 675. The first-order valence-corrected chi connectivity index (χ1v) is 6.13. The van der Waals surface area contributed by atoms with Crippen molar-refractivity contribution in [2.24, 2.45) is 0 Å². The van der Waals surface area contributed by atoms with Crippen molar-refractivity contribution in [1.82, 2.24) is 10.2 Å². The van der Waals surface area contributed by atoms with Gasteiger partial charge in [-0.15, -0.1) is 0 Å². The van der Waals surface area contributed by atoms with E-state index in [1.165, 1.54) is 18.2 Å². The summed E-state index contributed by atoms with van der Waals surface area (Å²) in [5, 5.41) is 18.4. The van der Waals surface area contributed by atoms with Crippen molar-refractivity contribution >= 4 is 29.2 Å². The van der Waals surface area contributed by atoms with Gasteiger partial charge in [-0.25, -0.2) is 4.79 Å². The zero-order valence-corrected chi connectivity index (χ0v) is 11.6. The fourth-order valence-electron chi connectivity index (χ4n) is 1.82. The summed E-state index contributed by atoms with van der Waals surface area (Å²) in [4.78, 5) is 23.1. The van der Waals surface area contributed by atoms with Crippen molar-refractivity contribution in [2.75, 3.05) is 5.32 Å². The maximum absolute atomic E-state index is 12.2. The average Bonchev–Trinajstić information content (AvgIpc) is 2.71. The number of carbonyl (C=O) groups is 2. The highest BCUT2D eigenvalue weighted by atomic mass is 35.5. The monoisotopic (exact) mass is 293 g/mol. The highest BCUT2D eigenvalue weighted by molar-refractivity contribution is 6.34. The number of aromatic carboxylic acids is 1. The topological polar surface area (TPSA) is 95.1 Å². The number of aromatic amines is 1. The van der Waals surface area contributed by atoms with Gasteiger partial charge in [0.15, 0.2) is 0 Å². The molecular formula is C13H12ClN3O3. The SMILES string of the molecule is Cc1n[nH]c(C)c1C(=O)Nc1cc(C(=O)O)ccc1Cl. The van der Waals surface area contributed by atoms with E-state index in [0.29, 0.717) is 17.0 Å². The van der Waals surface area contributed by atoms with Crippen LogP contribution in [0.25, 0.3) is 0 Å². The average molecular weight is 294 g/mol. The third kappa shape index (κ3) is 2.65. The van der Waals surface area contributed by atoms with Crippen LogP contribution < -0.4 is 5.32 Å². The van der Waals surface area contributed by atoms with E-state index in [1.807, 2.05) is 0 Å². The molecule has 0 radical (unpaired) electrons. The van der Waals surface area contributed by atoms with Crippen molar-refractivity contribution in [3.63, 3.8) is 0 Å². The van der Waals surface area contributed by atoms with E-state index < -0.39 is 11.9 Å². The van der Waals surface area contributed by atoms with Crippen LogP contribution in [0.4, 0.5) is 5.69 Å². The summed E-state index contributed by atoms with van der Waals surface area (Å²) in [6.45, 7) is 3.43. The number of nitrogens with one attached hydrogen (secondary N) is 2. The first-order chi connectivity index (χ1) is 9.40. The molecule has 1 amide bonds. The van der Waals surface area contributed by atoms with Gasteiger partial charge in [0.1, 0.15) is 0 Å². The molecule has 0 aliphatic heterocycles. The highest BCUT2D eigenvalue weighted by Crippen LogP contribution is 2.24. The first-order valence-electron chi connectivity index (χ1n) is 5.76. The lowest BCUT2D eigenvalue weighted by Crippen LogP contribution is -2.14. The Labute approximate surface area is 119 Å². The molecule has 2 aromatic rings. The Morgan fingerprint density at radius 2 is 2.05 bits per heavy atom. The third-order valence-corrected chi connectivity index (χ3v) is 3.15. The predicted octanol–water partition coefficient (Wildman–Crippen LogP) is 2.63. The third-order valence-electron chi connectivity index (χ3n) is 2.82. The molecule has 0 saturated heterocycles. The summed E-state index contributed by atoms with van der Waals surface area (Å²) in [6, 6.07) is 4.11. The maximum Gasteiger partial charge on any atom is 0.335 e. The minimum Gasteiger partial charge on any atom is -0.478 e. The maximum atomic E-state index is 12.2. The number of anilines is 1. The van der Waals surface area contributed by atoms with Crippen molar-refractivity contribution in [3.8, 4) is 0 Å². The molecule has 104 valence electrons. The van der Waals surface area contributed by atoms with Crippen LogP contribution in [0.2, 0.25) is 5.02 Å². The fraction of sp³-hybridized carbons (Fsp3) is 0.154. The van der Waals surface area contributed by atoms with Crippen LogP contribution in [0.3, 0.4) is 0 Å². The van der Waals surface area contributed by atoms with Crippen molar-refractivity contribution in [1.29, 1.82) is 0 Å². The number of nitrogens with zero attached hydrogens (tertiary/aromatic N) is 1. The molecule has 1 heterocycles. The lowest BCUT2D eigenvalue weighted by Gasteiger charge is -2.08. The molecule has 0 bridgehead atoms. The largest absolute Gasteiger partial charge is 0.478 e. The van der Waals surface area contributed by atoms with E-state index in [1.54, 1.807) is 13.8 Å². The van der Waals surface area contributed by atoms with E-state index in [-0.39, 0.29) is 16.3 Å². The number of halogens is 1. The van der Waals surface area contributed by atoms with Gasteiger partial charge in [0.05, 0.1) is 27.5 Å². The quantitative estimate of drug-likeness (QED) is 0.810. The molecule has 0 fully saturated rings. The van der Waals surface area contributed by atoms with Crippen LogP contribution in [0, 0.1) is 13.8 Å². The molecule has 7 heteroatoms. The highest BCUT2D eigenvalue weighted by Gasteiger charge is 2.17. The number of aryl methyl sites for hydroxylation is 2. The summed E-state index contributed by atoms with van der Waals surface area (Å²) in [5.41, 5.74) is 1.90. The van der Waals surface area contributed by atoms with Gasteiger partial charge < -0.3 is 10.4 Å². The van der Waals surface area contributed by atoms with Gasteiger partial charge in [0, 0.05) is 5.69 Å². The number of hydrogen-bond acceptors (Lipinski definition) is 3. The number of amides is 1. The Balaban J connectivity index is 2.33. The Morgan fingerprint density at radius 1 is 1.35 bits per heavy atom. The van der Waals surface area contributed by atoms with Gasteiger partial charge in [0.2, 0.25) is 0 Å². The Kier molecular flexibility index (Phi) is 3.76. The number of aromatic nitrogens is 2.